The van der Waals surface area contributed by atoms with Crippen LogP contribution in [0.4, 0.5) is 0 Å². The number of aliphatic hydroxyl groups is 1. The zero-order valence-corrected chi connectivity index (χ0v) is 10.3. The third-order valence-corrected chi connectivity index (χ3v) is 2.56. The summed E-state index contributed by atoms with van der Waals surface area (Å²) in [5.74, 6) is -0.505. The summed E-state index contributed by atoms with van der Waals surface area (Å²) in [5, 5.41) is 9.60. The predicted molar refractivity (Wildman–Crippen MR) is 66.6 cm³/mol. The number of carbonyl (C=O) groups excluding carboxylic acids is 1. The minimum atomic E-state index is -1.01. The van der Waals surface area contributed by atoms with Gasteiger partial charge in [0.25, 0.3) is 0 Å². The molecular weight excluding hydrogens is 216 g/mol. The Labute approximate surface area is 102 Å². The molecule has 1 rings (SSSR count). The highest BCUT2D eigenvalue weighted by Crippen LogP contribution is 2.06. The van der Waals surface area contributed by atoms with Crippen LogP contribution in [0.1, 0.15) is 31.7 Å². The van der Waals surface area contributed by atoms with Crippen molar-refractivity contribution in [2.45, 2.75) is 38.7 Å². The van der Waals surface area contributed by atoms with Gasteiger partial charge in [0, 0.05) is 0 Å². The first-order chi connectivity index (χ1) is 8.24. The minimum absolute atomic E-state index is 0.401. The zero-order chi connectivity index (χ0) is 12.5. The first-order valence-electron chi connectivity index (χ1n) is 6.12. The van der Waals surface area contributed by atoms with Crippen LogP contribution in [0.15, 0.2) is 30.3 Å². The lowest BCUT2D eigenvalue weighted by molar-refractivity contribution is -0.153. The molecule has 0 unspecified atom stereocenters. The second kappa shape index (κ2) is 7.85. The van der Waals surface area contributed by atoms with Crippen LogP contribution < -0.4 is 0 Å². The molecule has 1 atom stereocenters. The van der Waals surface area contributed by atoms with Crippen molar-refractivity contribution in [1.29, 1.82) is 0 Å². The van der Waals surface area contributed by atoms with E-state index in [0.717, 1.165) is 18.4 Å². The normalized spacial score (nSPS) is 12.1. The summed E-state index contributed by atoms with van der Waals surface area (Å²) >= 11 is 0. The SMILES string of the molecule is CCCCOC(=O)[C@@H](O)CCc1ccccc1. The second-order valence-electron chi connectivity index (χ2n) is 4.06. The Bertz CT molecular complexity index is 321. The number of aryl methyl sites for hydroxylation is 1. The van der Waals surface area contributed by atoms with Crippen molar-refractivity contribution in [2.75, 3.05) is 6.61 Å². The Balaban J connectivity index is 2.24. The number of aliphatic hydroxyl groups excluding tert-OH is 1. The van der Waals surface area contributed by atoms with Gasteiger partial charge in [-0.05, 0) is 24.8 Å². The smallest absolute Gasteiger partial charge is 0.334 e. The number of rotatable bonds is 7. The van der Waals surface area contributed by atoms with E-state index in [1.165, 1.54) is 0 Å². The van der Waals surface area contributed by atoms with E-state index in [2.05, 4.69) is 0 Å². The maximum atomic E-state index is 11.4. The maximum absolute atomic E-state index is 11.4. The Morgan fingerprint density at radius 3 is 2.71 bits per heavy atom. The Kier molecular flexibility index (Phi) is 6.33. The second-order valence-corrected chi connectivity index (χ2v) is 4.06. The van der Waals surface area contributed by atoms with Gasteiger partial charge in [-0.2, -0.15) is 0 Å². The van der Waals surface area contributed by atoms with Crippen LogP contribution in [0.3, 0.4) is 0 Å². The summed E-state index contributed by atoms with van der Waals surface area (Å²) in [6, 6.07) is 9.80. The fourth-order valence-corrected chi connectivity index (χ4v) is 1.48. The molecule has 0 aliphatic rings. The number of esters is 1. The van der Waals surface area contributed by atoms with Gasteiger partial charge in [0.05, 0.1) is 6.61 Å². The molecule has 94 valence electrons. The van der Waals surface area contributed by atoms with Gasteiger partial charge >= 0.3 is 5.97 Å². The monoisotopic (exact) mass is 236 g/mol. The summed E-state index contributed by atoms with van der Waals surface area (Å²) < 4.78 is 4.94. The molecule has 0 heterocycles. The van der Waals surface area contributed by atoms with Gasteiger partial charge in [-0.3, -0.25) is 0 Å². The summed E-state index contributed by atoms with van der Waals surface area (Å²) in [7, 11) is 0. The molecule has 0 radical (unpaired) electrons. The van der Waals surface area contributed by atoms with Crippen LogP contribution in [0, 0.1) is 0 Å². The molecule has 1 aromatic carbocycles. The standard InChI is InChI=1S/C14H20O3/c1-2-3-11-17-14(16)13(15)10-9-12-7-5-4-6-8-12/h4-8,13,15H,2-3,9-11H2,1H3/t13-/m0/s1. The maximum Gasteiger partial charge on any atom is 0.334 e. The molecule has 0 fully saturated rings. The highest BCUT2D eigenvalue weighted by molar-refractivity contribution is 5.74. The van der Waals surface area contributed by atoms with Crippen LogP contribution in [0.5, 0.6) is 0 Å². The molecule has 0 spiro atoms. The lowest BCUT2D eigenvalue weighted by atomic mass is 10.1. The molecule has 0 saturated heterocycles. The largest absolute Gasteiger partial charge is 0.464 e. The molecule has 3 heteroatoms. The average Bonchev–Trinajstić information content (AvgIpc) is 2.37. The van der Waals surface area contributed by atoms with Gasteiger partial charge in [-0.1, -0.05) is 43.7 Å². The first-order valence-corrected chi connectivity index (χ1v) is 6.12. The number of ether oxygens (including phenoxy) is 1. The fourth-order valence-electron chi connectivity index (χ4n) is 1.48. The van der Waals surface area contributed by atoms with Crippen molar-refractivity contribution in [1.82, 2.24) is 0 Å². The molecule has 0 aromatic heterocycles. The van der Waals surface area contributed by atoms with E-state index in [0.29, 0.717) is 19.4 Å². The van der Waals surface area contributed by atoms with Gasteiger partial charge in [0.2, 0.25) is 0 Å². The van der Waals surface area contributed by atoms with E-state index >= 15 is 0 Å². The van der Waals surface area contributed by atoms with E-state index in [-0.39, 0.29) is 0 Å². The van der Waals surface area contributed by atoms with E-state index in [1.54, 1.807) is 0 Å². The fraction of sp³-hybridized carbons (Fsp3) is 0.500. The minimum Gasteiger partial charge on any atom is -0.464 e. The van der Waals surface area contributed by atoms with Crippen LogP contribution in [0.25, 0.3) is 0 Å². The highest BCUT2D eigenvalue weighted by atomic mass is 16.5. The zero-order valence-electron chi connectivity index (χ0n) is 10.3. The molecule has 0 aliphatic heterocycles. The lowest BCUT2D eigenvalue weighted by Crippen LogP contribution is -2.24. The molecule has 0 aliphatic carbocycles. The lowest BCUT2D eigenvalue weighted by Gasteiger charge is -2.10. The molecule has 0 amide bonds. The number of hydrogen-bond acceptors (Lipinski definition) is 3. The van der Waals surface area contributed by atoms with Crippen molar-refractivity contribution in [3.63, 3.8) is 0 Å². The molecule has 0 saturated carbocycles. The summed E-state index contributed by atoms with van der Waals surface area (Å²) in [6.45, 7) is 2.43. The Morgan fingerprint density at radius 2 is 2.06 bits per heavy atom. The third kappa shape index (κ3) is 5.50. The predicted octanol–water partition coefficient (Wildman–Crippen LogP) is 2.32. The van der Waals surface area contributed by atoms with Crippen LogP contribution in [0.2, 0.25) is 0 Å². The van der Waals surface area contributed by atoms with Crippen LogP contribution in [-0.4, -0.2) is 23.8 Å². The van der Waals surface area contributed by atoms with Crippen molar-refractivity contribution in [3.8, 4) is 0 Å². The van der Waals surface area contributed by atoms with Crippen LogP contribution >= 0.6 is 0 Å². The molecular formula is C14H20O3. The molecule has 1 N–H and O–H groups in total. The Hall–Kier alpha value is -1.35. The molecule has 3 nitrogen and oxygen atoms in total. The van der Waals surface area contributed by atoms with Gasteiger partial charge < -0.3 is 9.84 Å². The first kappa shape index (κ1) is 13.7. The van der Waals surface area contributed by atoms with Crippen molar-refractivity contribution >= 4 is 5.97 Å². The van der Waals surface area contributed by atoms with E-state index in [1.807, 2.05) is 37.3 Å². The van der Waals surface area contributed by atoms with E-state index in [9.17, 15) is 9.90 Å². The Morgan fingerprint density at radius 1 is 1.35 bits per heavy atom. The number of benzene rings is 1. The summed E-state index contributed by atoms with van der Waals surface area (Å²) in [5.41, 5.74) is 1.12. The quantitative estimate of drug-likeness (QED) is 0.584. The third-order valence-electron chi connectivity index (χ3n) is 2.56. The van der Waals surface area contributed by atoms with Crippen molar-refractivity contribution in [2.24, 2.45) is 0 Å². The van der Waals surface area contributed by atoms with Gasteiger partial charge in [0.1, 0.15) is 0 Å². The van der Waals surface area contributed by atoms with E-state index in [4.69, 9.17) is 4.74 Å². The molecule has 17 heavy (non-hydrogen) atoms. The highest BCUT2D eigenvalue weighted by Gasteiger charge is 2.15. The van der Waals surface area contributed by atoms with E-state index < -0.39 is 12.1 Å². The molecule has 0 bridgehead atoms. The van der Waals surface area contributed by atoms with Gasteiger partial charge in [-0.15, -0.1) is 0 Å². The van der Waals surface area contributed by atoms with Crippen molar-refractivity contribution < 1.29 is 14.6 Å². The summed E-state index contributed by atoms with van der Waals surface area (Å²) in [6.07, 6.45) is 1.91. The topological polar surface area (TPSA) is 46.5 Å². The average molecular weight is 236 g/mol. The summed E-state index contributed by atoms with van der Waals surface area (Å²) in [4.78, 5) is 11.4. The van der Waals surface area contributed by atoms with Crippen LogP contribution in [-0.2, 0) is 16.0 Å². The number of carbonyl (C=O) groups is 1. The van der Waals surface area contributed by atoms with Gasteiger partial charge in [-0.25, -0.2) is 4.79 Å². The van der Waals surface area contributed by atoms with Gasteiger partial charge in [0.15, 0.2) is 6.10 Å². The number of unbranched alkanes of at least 4 members (excludes halogenated alkanes) is 1. The number of hydrogen-bond donors (Lipinski definition) is 1. The van der Waals surface area contributed by atoms with Crippen molar-refractivity contribution in [3.05, 3.63) is 35.9 Å². The molecule has 1 aromatic rings.